The van der Waals surface area contributed by atoms with Crippen molar-refractivity contribution in [2.45, 2.75) is 31.6 Å². The number of aryl methyl sites for hydroxylation is 1. The van der Waals surface area contributed by atoms with Crippen LogP contribution < -0.4 is 13.8 Å². The third kappa shape index (κ3) is 5.12. The monoisotopic (exact) mass is 446 g/mol. The van der Waals surface area contributed by atoms with Crippen molar-refractivity contribution in [3.05, 3.63) is 48.0 Å². The van der Waals surface area contributed by atoms with Gasteiger partial charge in [0.25, 0.3) is 10.0 Å². The number of benzene rings is 2. The van der Waals surface area contributed by atoms with E-state index in [1.165, 1.54) is 7.11 Å². The quantitative estimate of drug-likeness (QED) is 0.651. The number of nitrogens with zero attached hydrogens (tertiary/aromatic N) is 2. The second kappa shape index (κ2) is 9.60. The predicted octanol–water partition coefficient (Wildman–Crippen LogP) is 3.47. The summed E-state index contributed by atoms with van der Waals surface area (Å²) in [7, 11) is -1.09. The number of hydrogen-bond acceptors (Lipinski definition) is 5. The van der Waals surface area contributed by atoms with Crippen molar-refractivity contribution < 1.29 is 22.7 Å². The van der Waals surface area contributed by atoms with Crippen molar-refractivity contribution in [1.82, 2.24) is 4.90 Å². The summed E-state index contributed by atoms with van der Waals surface area (Å²) in [5, 5.41) is 0. The highest BCUT2D eigenvalue weighted by atomic mass is 32.2. The Labute approximate surface area is 184 Å². The van der Waals surface area contributed by atoms with E-state index >= 15 is 0 Å². The van der Waals surface area contributed by atoms with Gasteiger partial charge in [0.1, 0.15) is 22.9 Å². The zero-order valence-electron chi connectivity index (χ0n) is 18.5. The van der Waals surface area contributed by atoms with E-state index in [2.05, 4.69) is 6.92 Å². The Bertz CT molecular complexity index is 1010. The molecule has 168 valence electrons. The average molecular weight is 447 g/mol. The lowest BCUT2D eigenvalue weighted by atomic mass is 9.99. The van der Waals surface area contributed by atoms with E-state index in [-0.39, 0.29) is 23.1 Å². The summed E-state index contributed by atoms with van der Waals surface area (Å²) in [4.78, 5) is 14.9. The summed E-state index contributed by atoms with van der Waals surface area (Å²) in [5.74, 6) is 1.20. The zero-order chi connectivity index (χ0) is 22.6. The van der Waals surface area contributed by atoms with Crippen LogP contribution in [0.4, 0.5) is 5.69 Å². The van der Waals surface area contributed by atoms with Gasteiger partial charge in [-0.15, -0.1) is 0 Å². The summed E-state index contributed by atoms with van der Waals surface area (Å²) in [6.45, 7) is 4.99. The second-order valence-electron chi connectivity index (χ2n) is 7.93. The van der Waals surface area contributed by atoms with Crippen molar-refractivity contribution in [3.63, 3.8) is 0 Å². The number of hydrogen-bond donors (Lipinski definition) is 0. The number of piperidine rings is 1. The molecule has 1 amide bonds. The standard InChI is InChI=1S/C23H30N2O5S/c1-17-11-13-24(14-12-17)23(26)16-25(19-6-8-20(29-3)9-7-19)31(27,28)22-15-18(2)5-10-21(22)30-4/h5-10,15,17H,11-14,16H2,1-4H3. The first-order chi connectivity index (χ1) is 14.8. The number of carbonyl (C=O) groups is 1. The number of likely N-dealkylation sites (tertiary alicyclic amines) is 1. The number of ether oxygens (including phenoxy) is 2. The Morgan fingerprint density at radius 1 is 1.06 bits per heavy atom. The summed E-state index contributed by atoms with van der Waals surface area (Å²) in [6.07, 6.45) is 1.85. The van der Waals surface area contributed by atoms with Gasteiger partial charge in [0.05, 0.1) is 19.9 Å². The minimum atomic E-state index is -4.06. The lowest BCUT2D eigenvalue weighted by molar-refractivity contribution is -0.130. The molecule has 0 bridgehead atoms. The van der Waals surface area contributed by atoms with Crippen LogP contribution in [0.15, 0.2) is 47.4 Å². The van der Waals surface area contributed by atoms with Gasteiger partial charge in [-0.25, -0.2) is 8.42 Å². The van der Waals surface area contributed by atoms with Gasteiger partial charge in [0.2, 0.25) is 5.91 Å². The lowest BCUT2D eigenvalue weighted by Crippen LogP contribution is -2.45. The number of anilines is 1. The van der Waals surface area contributed by atoms with Crippen LogP contribution in [0.25, 0.3) is 0 Å². The van der Waals surface area contributed by atoms with Crippen molar-refractivity contribution in [2.75, 3.05) is 38.2 Å². The van der Waals surface area contributed by atoms with Crippen LogP contribution in [0.3, 0.4) is 0 Å². The van der Waals surface area contributed by atoms with E-state index in [0.29, 0.717) is 30.4 Å². The average Bonchev–Trinajstić information content (AvgIpc) is 2.77. The largest absolute Gasteiger partial charge is 0.497 e. The molecule has 1 aliphatic rings. The fourth-order valence-electron chi connectivity index (χ4n) is 3.65. The van der Waals surface area contributed by atoms with Gasteiger partial charge in [-0.05, 0) is 67.6 Å². The summed E-state index contributed by atoms with van der Waals surface area (Å²) < 4.78 is 39.1. The molecular formula is C23H30N2O5S. The van der Waals surface area contributed by atoms with E-state index in [1.54, 1.807) is 54.5 Å². The van der Waals surface area contributed by atoms with Crippen LogP contribution in [-0.4, -0.2) is 53.1 Å². The molecule has 2 aromatic rings. The number of rotatable bonds is 7. The van der Waals surface area contributed by atoms with Gasteiger partial charge in [-0.2, -0.15) is 0 Å². The number of carbonyl (C=O) groups excluding carboxylic acids is 1. The molecule has 0 atom stereocenters. The number of methoxy groups -OCH3 is 2. The highest BCUT2D eigenvalue weighted by Gasteiger charge is 2.32. The van der Waals surface area contributed by atoms with E-state index in [9.17, 15) is 13.2 Å². The maximum atomic E-state index is 13.7. The third-order valence-electron chi connectivity index (χ3n) is 5.66. The lowest BCUT2D eigenvalue weighted by Gasteiger charge is -2.33. The van der Waals surface area contributed by atoms with Crippen LogP contribution in [0, 0.1) is 12.8 Å². The van der Waals surface area contributed by atoms with Crippen molar-refractivity contribution in [1.29, 1.82) is 0 Å². The molecule has 8 heteroatoms. The molecule has 0 saturated carbocycles. The Balaban J connectivity index is 2.00. The molecule has 1 saturated heterocycles. The molecule has 1 aliphatic heterocycles. The van der Waals surface area contributed by atoms with Crippen LogP contribution in [0.2, 0.25) is 0 Å². The Morgan fingerprint density at radius 2 is 1.71 bits per heavy atom. The molecule has 0 aromatic heterocycles. The van der Waals surface area contributed by atoms with Gasteiger partial charge < -0.3 is 14.4 Å². The molecule has 0 unspecified atom stereocenters. The molecule has 0 N–H and O–H groups in total. The molecule has 1 heterocycles. The first kappa shape index (κ1) is 22.9. The zero-order valence-corrected chi connectivity index (χ0v) is 19.3. The van der Waals surface area contributed by atoms with Gasteiger partial charge in [0.15, 0.2) is 0 Å². The smallest absolute Gasteiger partial charge is 0.268 e. The molecular weight excluding hydrogens is 416 g/mol. The van der Waals surface area contributed by atoms with Gasteiger partial charge in [-0.3, -0.25) is 9.10 Å². The van der Waals surface area contributed by atoms with E-state index in [4.69, 9.17) is 9.47 Å². The van der Waals surface area contributed by atoms with Gasteiger partial charge in [0, 0.05) is 13.1 Å². The topological polar surface area (TPSA) is 76.2 Å². The predicted molar refractivity (Wildman–Crippen MR) is 120 cm³/mol. The SMILES string of the molecule is COc1ccc(N(CC(=O)N2CCC(C)CC2)S(=O)(=O)c2cc(C)ccc2OC)cc1. The fourth-order valence-corrected chi connectivity index (χ4v) is 5.31. The van der Waals surface area contributed by atoms with Crippen LogP contribution in [0.5, 0.6) is 11.5 Å². The summed E-state index contributed by atoms with van der Waals surface area (Å²) in [6, 6.07) is 11.6. The Hall–Kier alpha value is -2.74. The first-order valence-corrected chi connectivity index (χ1v) is 11.8. The van der Waals surface area contributed by atoms with Crippen molar-refractivity contribution >= 4 is 21.6 Å². The van der Waals surface area contributed by atoms with Gasteiger partial charge >= 0.3 is 0 Å². The minimum Gasteiger partial charge on any atom is -0.497 e. The molecule has 0 aliphatic carbocycles. The maximum absolute atomic E-state index is 13.7. The molecule has 3 rings (SSSR count). The van der Waals surface area contributed by atoms with E-state index in [0.717, 1.165) is 22.7 Å². The Kier molecular flexibility index (Phi) is 7.10. The van der Waals surface area contributed by atoms with Crippen LogP contribution >= 0.6 is 0 Å². The van der Waals surface area contributed by atoms with E-state index < -0.39 is 10.0 Å². The second-order valence-corrected chi connectivity index (χ2v) is 9.76. The molecule has 2 aromatic carbocycles. The molecule has 7 nitrogen and oxygen atoms in total. The maximum Gasteiger partial charge on any atom is 0.268 e. The van der Waals surface area contributed by atoms with Crippen molar-refractivity contribution in [3.8, 4) is 11.5 Å². The van der Waals surface area contributed by atoms with Gasteiger partial charge in [-0.1, -0.05) is 13.0 Å². The van der Waals surface area contributed by atoms with Crippen molar-refractivity contribution in [2.24, 2.45) is 5.92 Å². The normalized spacial score (nSPS) is 14.9. The third-order valence-corrected chi connectivity index (χ3v) is 7.46. The Morgan fingerprint density at radius 3 is 2.29 bits per heavy atom. The molecule has 31 heavy (non-hydrogen) atoms. The number of amides is 1. The highest BCUT2D eigenvalue weighted by Crippen LogP contribution is 2.32. The molecule has 0 spiro atoms. The highest BCUT2D eigenvalue weighted by molar-refractivity contribution is 7.93. The number of sulfonamides is 1. The summed E-state index contributed by atoms with van der Waals surface area (Å²) >= 11 is 0. The minimum absolute atomic E-state index is 0.0332. The fraction of sp³-hybridized carbons (Fsp3) is 0.435. The molecule has 0 radical (unpaired) electrons. The van der Waals surface area contributed by atoms with Crippen LogP contribution in [-0.2, 0) is 14.8 Å². The summed E-state index contributed by atoms with van der Waals surface area (Å²) in [5.41, 5.74) is 1.17. The van der Waals surface area contributed by atoms with E-state index in [1.807, 2.05) is 6.92 Å². The van der Waals surface area contributed by atoms with Crippen LogP contribution in [0.1, 0.15) is 25.3 Å². The first-order valence-electron chi connectivity index (χ1n) is 10.4. The molecule has 1 fully saturated rings.